The van der Waals surface area contributed by atoms with Crippen molar-refractivity contribution < 1.29 is 14.4 Å². The van der Waals surface area contributed by atoms with Gasteiger partial charge in [-0.05, 0) is 52.6 Å². The predicted octanol–water partition coefficient (Wildman–Crippen LogP) is 0.555. The van der Waals surface area contributed by atoms with Gasteiger partial charge in [0.25, 0.3) is 0 Å². The summed E-state index contributed by atoms with van der Waals surface area (Å²) in [5, 5.41) is 5.09. The van der Waals surface area contributed by atoms with Crippen LogP contribution in [-0.2, 0) is 9.59 Å². The van der Waals surface area contributed by atoms with Crippen molar-refractivity contribution in [3.63, 3.8) is 0 Å². The van der Waals surface area contributed by atoms with Crippen LogP contribution in [0.3, 0.4) is 0 Å². The van der Waals surface area contributed by atoms with Crippen molar-refractivity contribution in [3.05, 3.63) is 0 Å². The molecule has 1 heterocycles. The first-order valence-corrected chi connectivity index (χ1v) is 8.65. The molecule has 2 N–H and O–H groups in total. The van der Waals surface area contributed by atoms with E-state index in [0.717, 1.165) is 51.9 Å². The summed E-state index contributed by atoms with van der Waals surface area (Å²) < 4.78 is 0. The van der Waals surface area contributed by atoms with Gasteiger partial charge in [0.15, 0.2) is 0 Å². The standard InChI is InChI=1S/C16H28N4O3/c1-3-20(4-2)15(22)12-7-9-19(10-8-12)11-14(21)18-16(23)17-13-5-6-13/h12-13H,3-11H2,1-2H3,(H2,17,18,21,23). The number of amides is 4. The zero-order chi connectivity index (χ0) is 16.8. The summed E-state index contributed by atoms with van der Waals surface area (Å²) in [6.45, 7) is 7.12. The third kappa shape index (κ3) is 5.49. The van der Waals surface area contributed by atoms with Crippen molar-refractivity contribution in [1.29, 1.82) is 0 Å². The molecule has 0 atom stereocenters. The lowest BCUT2D eigenvalue weighted by molar-refractivity contribution is -0.136. The topological polar surface area (TPSA) is 81.8 Å². The lowest BCUT2D eigenvalue weighted by Gasteiger charge is -2.33. The Morgan fingerprint density at radius 2 is 1.65 bits per heavy atom. The summed E-state index contributed by atoms with van der Waals surface area (Å²) in [4.78, 5) is 39.6. The Hall–Kier alpha value is -1.63. The Balaban J connectivity index is 1.68. The second kappa shape index (κ2) is 8.29. The first-order valence-electron chi connectivity index (χ1n) is 8.65. The zero-order valence-corrected chi connectivity index (χ0v) is 14.1. The van der Waals surface area contributed by atoms with Gasteiger partial charge in [-0.25, -0.2) is 4.79 Å². The lowest BCUT2D eigenvalue weighted by Crippen LogP contribution is -2.48. The number of carbonyl (C=O) groups is 3. The highest BCUT2D eigenvalue weighted by Crippen LogP contribution is 2.20. The molecule has 1 saturated carbocycles. The van der Waals surface area contributed by atoms with E-state index in [1.807, 2.05) is 23.6 Å². The van der Waals surface area contributed by atoms with Crippen LogP contribution in [0.4, 0.5) is 4.79 Å². The van der Waals surface area contributed by atoms with Crippen LogP contribution in [0.15, 0.2) is 0 Å². The number of piperidine rings is 1. The average molecular weight is 324 g/mol. The van der Waals surface area contributed by atoms with Gasteiger partial charge >= 0.3 is 6.03 Å². The largest absolute Gasteiger partial charge is 0.343 e. The van der Waals surface area contributed by atoms with Gasteiger partial charge in [-0.3, -0.25) is 19.8 Å². The van der Waals surface area contributed by atoms with Gasteiger partial charge in [0, 0.05) is 25.0 Å². The van der Waals surface area contributed by atoms with Gasteiger partial charge in [0.1, 0.15) is 0 Å². The van der Waals surface area contributed by atoms with Crippen LogP contribution >= 0.6 is 0 Å². The summed E-state index contributed by atoms with van der Waals surface area (Å²) in [7, 11) is 0. The number of rotatable bonds is 6. The summed E-state index contributed by atoms with van der Waals surface area (Å²) in [5.74, 6) is 0.00644. The minimum atomic E-state index is -0.399. The molecule has 0 bridgehead atoms. The second-order valence-electron chi connectivity index (χ2n) is 6.36. The number of likely N-dealkylation sites (tertiary alicyclic amines) is 1. The summed E-state index contributed by atoms with van der Waals surface area (Å²) in [5.41, 5.74) is 0. The Kier molecular flexibility index (Phi) is 6.38. The Morgan fingerprint density at radius 3 is 2.17 bits per heavy atom. The molecule has 1 aliphatic heterocycles. The maximum atomic E-state index is 12.3. The number of nitrogens with zero attached hydrogens (tertiary/aromatic N) is 2. The quantitative estimate of drug-likeness (QED) is 0.748. The zero-order valence-electron chi connectivity index (χ0n) is 14.1. The molecule has 0 unspecified atom stereocenters. The van der Waals surface area contributed by atoms with Crippen LogP contribution in [0.5, 0.6) is 0 Å². The van der Waals surface area contributed by atoms with Crippen molar-refractivity contribution >= 4 is 17.8 Å². The van der Waals surface area contributed by atoms with Crippen molar-refractivity contribution in [2.45, 2.75) is 45.6 Å². The fraction of sp³-hybridized carbons (Fsp3) is 0.812. The van der Waals surface area contributed by atoms with Crippen molar-refractivity contribution in [3.8, 4) is 0 Å². The molecule has 0 spiro atoms. The average Bonchev–Trinajstić information content (AvgIpc) is 3.32. The first kappa shape index (κ1) is 17.7. The predicted molar refractivity (Wildman–Crippen MR) is 86.8 cm³/mol. The summed E-state index contributed by atoms with van der Waals surface area (Å²) in [6, 6.07) is -0.159. The third-order valence-corrected chi connectivity index (χ3v) is 4.54. The fourth-order valence-electron chi connectivity index (χ4n) is 2.95. The molecule has 0 radical (unpaired) electrons. The molecule has 23 heavy (non-hydrogen) atoms. The molecule has 0 aromatic heterocycles. The Morgan fingerprint density at radius 1 is 1.04 bits per heavy atom. The van der Waals surface area contributed by atoms with Crippen molar-refractivity contribution in [2.75, 3.05) is 32.7 Å². The van der Waals surface area contributed by atoms with E-state index in [2.05, 4.69) is 10.6 Å². The number of nitrogens with one attached hydrogen (secondary N) is 2. The number of carbonyl (C=O) groups excluding carboxylic acids is 3. The number of hydrogen-bond acceptors (Lipinski definition) is 4. The van der Waals surface area contributed by atoms with Crippen LogP contribution in [0, 0.1) is 5.92 Å². The summed E-state index contributed by atoms with van der Waals surface area (Å²) in [6.07, 6.45) is 3.54. The van der Waals surface area contributed by atoms with Crippen molar-refractivity contribution in [1.82, 2.24) is 20.4 Å². The second-order valence-corrected chi connectivity index (χ2v) is 6.36. The van der Waals surface area contributed by atoms with Crippen LogP contribution in [0.1, 0.15) is 39.5 Å². The van der Waals surface area contributed by atoms with Crippen LogP contribution in [-0.4, -0.2) is 66.4 Å². The molecule has 0 aromatic rings. The molecule has 1 aliphatic carbocycles. The Labute approximate surface area is 137 Å². The molecule has 2 rings (SSSR count). The minimum absolute atomic E-state index is 0.0624. The van der Waals surface area contributed by atoms with E-state index in [0.29, 0.717) is 0 Å². The minimum Gasteiger partial charge on any atom is -0.343 e. The van der Waals surface area contributed by atoms with Crippen LogP contribution in [0.25, 0.3) is 0 Å². The third-order valence-electron chi connectivity index (χ3n) is 4.54. The van der Waals surface area contributed by atoms with E-state index in [9.17, 15) is 14.4 Å². The maximum Gasteiger partial charge on any atom is 0.321 e. The lowest BCUT2D eigenvalue weighted by atomic mass is 9.95. The molecule has 2 aliphatic rings. The van der Waals surface area contributed by atoms with Gasteiger partial charge in [-0.1, -0.05) is 0 Å². The van der Waals surface area contributed by atoms with E-state index in [-0.39, 0.29) is 30.3 Å². The highest BCUT2D eigenvalue weighted by molar-refractivity contribution is 5.95. The molecular formula is C16H28N4O3. The molecule has 7 heteroatoms. The Bertz CT molecular complexity index is 439. The van der Waals surface area contributed by atoms with E-state index >= 15 is 0 Å². The molecule has 0 aromatic carbocycles. The van der Waals surface area contributed by atoms with Gasteiger partial charge in [-0.15, -0.1) is 0 Å². The SMILES string of the molecule is CCN(CC)C(=O)C1CCN(CC(=O)NC(=O)NC2CC2)CC1. The maximum absolute atomic E-state index is 12.3. The van der Waals surface area contributed by atoms with E-state index in [1.54, 1.807) is 0 Å². The molecule has 7 nitrogen and oxygen atoms in total. The molecule has 130 valence electrons. The normalized spacial score (nSPS) is 19.2. The fourth-order valence-corrected chi connectivity index (χ4v) is 2.95. The smallest absolute Gasteiger partial charge is 0.321 e. The molecule has 2 fully saturated rings. The van der Waals surface area contributed by atoms with Gasteiger partial charge in [0.05, 0.1) is 6.54 Å². The molecule has 1 saturated heterocycles. The monoisotopic (exact) mass is 324 g/mol. The highest BCUT2D eigenvalue weighted by atomic mass is 16.2. The van der Waals surface area contributed by atoms with Crippen LogP contribution < -0.4 is 10.6 Å². The number of imide groups is 1. The van der Waals surface area contributed by atoms with Crippen molar-refractivity contribution in [2.24, 2.45) is 5.92 Å². The molecule has 4 amide bonds. The van der Waals surface area contributed by atoms with E-state index in [1.165, 1.54) is 0 Å². The molecular weight excluding hydrogens is 296 g/mol. The first-order chi connectivity index (χ1) is 11.0. The van der Waals surface area contributed by atoms with Gasteiger partial charge in [-0.2, -0.15) is 0 Å². The van der Waals surface area contributed by atoms with Gasteiger partial charge in [0.2, 0.25) is 11.8 Å². The number of urea groups is 1. The van der Waals surface area contributed by atoms with Crippen LogP contribution in [0.2, 0.25) is 0 Å². The van der Waals surface area contributed by atoms with E-state index in [4.69, 9.17) is 0 Å². The van der Waals surface area contributed by atoms with E-state index < -0.39 is 6.03 Å². The number of hydrogen-bond donors (Lipinski definition) is 2. The summed E-state index contributed by atoms with van der Waals surface area (Å²) >= 11 is 0. The van der Waals surface area contributed by atoms with Gasteiger partial charge < -0.3 is 10.2 Å². The highest BCUT2D eigenvalue weighted by Gasteiger charge is 2.29.